The number of hydrogen-bond donors (Lipinski definition) is 2. The summed E-state index contributed by atoms with van der Waals surface area (Å²) in [5.74, 6) is 0.807. The summed E-state index contributed by atoms with van der Waals surface area (Å²) in [5, 5.41) is 3.43. The first kappa shape index (κ1) is 14.6. The Kier molecular flexibility index (Phi) is 4.82. The van der Waals surface area contributed by atoms with Gasteiger partial charge in [-0.05, 0) is 24.8 Å². The minimum atomic E-state index is -0.406. The first-order valence-electron chi connectivity index (χ1n) is 7.26. The fourth-order valence-corrected chi connectivity index (χ4v) is 2.92. The number of nitrogens with zero attached hydrogens (tertiary/aromatic N) is 1. The number of hydrogen-bond acceptors (Lipinski definition) is 5. The van der Waals surface area contributed by atoms with E-state index in [1.807, 2.05) is 0 Å². The van der Waals surface area contributed by atoms with Crippen LogP contribution in [0.4, 0.5) is 11.5 Å². The highest BCUT2D eigenvalue weighted by atomic mass is 16.5. The second-order valence-electron chi connectivity index (χ2n) is 5.36. The standard InChI is InChI=1S/C15H23N3O2/c1-3-10-6-4-5-7-13(10)18-14-12(15(19)20-2)8-11(16)9-17-14/h8-10,13H,3-7,16H2,1-2H3,(H,17,18). The molecular formula is C15H23N3O2. The van der Waals surface area contributed by atoms with Gasteiger partial charge in [0.25, 0.3) is 0 Å². The Hall–Kier alpha value is -1.78. The Labute approximate surface area is 119 Å². The van der Waals surface area contributed by atoms with Crippen LogP contribution in [-0.2, 0) is 4.74 Å². The van der Waals surface area contributed by atoms with E-state index >= 15 is 0 Å². The lowest BCUT2D eigenvalue weighted by molar-refractivity contribution is 0.0601. The molecule has 0 amide bonds. The topological polar surface area (TPSA) is 77.2 Å². The van der Waals surface area contributed by atoms with Gasteiger partial charge in [0.1, 0.15) is 11.4 Å². The largest absolute Gasteiger partial charge is 0.465 e. The molecule has 5 heteroatoms. The summed E-state index contributed by atoms with van der Waals surface area (Å²) >= 11 is 0. The highest BCUT2D eigenvalue weighted by molar-refractivity contribution is 5.95. The number of carbonyl (C=O) groups excluding carboxylic acids is 1. The van der Waals surface area contributed by atoms with Crippen molar-refractivity contribution in [3.05, 3.63) is 17.8 Å². The molecule has 1 aliphatic rings. The molecule has 0 saturated heterocycles. The monoisotopic (exact) mass is 277 g/mol. The van der Waals surface area contributed by atoms with Crippen molar-refractivity contribution in [3.8, 4) is 0 Å². The van der Waals surface area contributed by atoms with Crippen LogP contribution in [0.3, 0.4) is 0 Å². The number of carbonyl (C=O) groups is 1. The Morgan fingerprint density at radius 2 is 2.25 bits per heavy atom. The predicted octanol–water partition coefficient (Wildman–Crippen LogP) is 2.83. The number of anilines is 2. The summed E-state index contributed by atoms with van der Waals surface area (Å²) in [4.78, 5) is 16.1. The van der Waals surface area contributed by atoms with E-state index in [0.717, 1.165) is 12.8 Å². The normalized spacial score (nSPS) is 22.3. The molecule has 1 aromatic rings. The summed E-state index contributed by atoms with van der Waals surface area (Å²) in [6.45, 7) is 2.21. The van der Waals surface area contributed by atoms with E-state index in [-0.39, 0.29) is 0 Å². The smallest absolute Gasteiger partial charge is 0.341 e. The molecule has 1 saturated carbocycles. The quantitative estimate of drug-likeness (QED) is 0.827. The minimum Gasteiger partial charge on any atom is -0.465 e. The van der Waals surface area contributed by atoms with Gasteiger partial charge >= 0.3 is 5.97 Å². The molecule has 20 heavy (non-hydrogen) atoms. The fraction of sp³-hybridized carbons (Fsp3) is 0.600. The number of pyridine rings is 1. The molecule has 1 fully saturated rings. The van der Waals surface area contributed by atoms with E-state index in [1.165, 1.54) is 26.4 Å². The van der Waals surface area contributed by atoms with Gasteiger partial charge in [0.05, 0.1) is 19.0 Å². The molecule has 2 unspecified atom stereocenters. The van der Waals surface area contributed by atoms with Gasteiger partial charge in [-0.1, -0.05) is 26.2 Å². The third-order valence-corrected chi connectivity index (χ3v) is 4.07. The van der Waals surface area contributed by atoms with Crippen LogP contribution in [0.25, 0.3) is 0 Å². The Balaban J connectivity index is 2.21. The van der Waals surface area contributed by atoms with Gasteiger partial charge in [-0.3, -0.25) is 0 Å². The van der Waals surface area contributed by atoms with Crippen molar-refractivity contribution in [3.63, 3.8) is 0 Å². The summed E-state index contributed by atoms with van der Waals surface area (Å²) in [6, 6.07) is 1.98. The van der Waals surface area contributed by atoms with Crippen LogP contribution < -0.4 is 11.1 Å². The van der Waals surface area contributed by atoms with Gasteiger partial charge in [0.2, 0.25) is 0 Å². The van der Waals surface area contributed by atoms with E-state index in [4.69, 9.17) is 10.5 Å². The van der Waals surface area contributed by atoms with E-state index in [9.17, 15) is 4.79 Å². The zero-order chi connectivity index (χ0) is 14.5. The van der Waals surface area contributed by atoms with Crippen molar-refractivity contribution < 1.29 is 9.53 Å². The number of rotatable bonds is 4. The third kappa shape index (κ3) is 3.21. The van der Waals surface area contributed by atoms with Crippen molar-refractivity contribution in [1.29, 1.82) is 0 Å². The zero-order valence-electron chi connectivity index (χ0n) is 12.2. The SMILES string of the molecule is CCC1CCCCC1Nc1ncc(N)cc1C(=O)OC. The molecule has 1 aromatic heterocycles. The Morgan fingerprint density at radius 3 is 2.95 bits per heavy atom. The summed E-state index contributed by atoms with van der Waals surface area (Å²) in [5.41, 5.74) is 6.58. The van der Waals surface area contributed by atoms with Crippen molar-refractivity contribution in [2.45, 2.75) is 45.1 Å². The number of nitrogen functional groups attached to an aromatic ring is 1. The van der Waals surface area contributed by atoms with Crippen molar-refractivity contribution in [2.24, 2.45) is 5.92 Å². The molecule has 0 bridgehead atoms. The number of aromatic nitrogens is 1. The fourth-order valence-electron chi connectivity index (χ4n) is 2.92. The van der Waals surface area contributed by atoms with Gasteiger partial charge in [0.15, 0.2) is 0 Å². The molecule has 0 radical (unpaired) electrons. The van der Waals surface area contributed by atoms with E-state index in [2.05, 4.69) is 17.2 Å². The molecule has 2 atom stereocenters. The summed E-state index contributed by atoms with van der Waals surface area (Å²) in [7, 11) is 1.37. The maximum atomic E-state index is 11.8. The molecule has 5 nitrogen and oxygen atoms in total. The van der Waals surface area contributed by atoms with Crippen LogP contribution in [0, 0.1) is 5.92 Å². The highest BCUT2D eigenvalue weighted by Gasteiger charge is 2.25. The number of nitrogens with two attached hydrogens (primary N) is 1. The van der Waals surface area contributed by atoms with E-state index in [1.54, 1.807) is 12.3 Å². The van der Waals surface area contributed by atoms with E-state index in [0.29, 0.717) is 29.0 Å². The van der Waals surface area contributed by atoms with Crippen LogP contribution in [0.15, 0.2) is 12.3 Å². The zero-order valence-corrected chi connectivity index (χ0v) is 12.2. The second kappa shape index (κ2) is 6.59. The van der Waals surface area contributed by atoms with E-state index < -0.39 is 5.97 Å². The Morgan fingerprint density at radius 1 is 1.50 bits per heavy atom. The number of methoxy groups -OCH3 is 1. The van der Waals surface area contributed by atoms with Crippen LogP contribution in [0.1, 0.15) is 49.4 Å². The Bertz CT molecular complexity index is 476. The number of esters is 1. The lowest BCUT2D eigenvalue weighted by Gasteiger charge is -2.32. The summed E-state index contributed by atoms with van der Waals surface area (Å²) in [6.07, 6.45) is 7.56. The average molecular weight is 277 g/mol. The molecule has 0 aromatic carbocycles. The van der Waals surface area contributed by atoms with Crippen LogP contribution in [0.5, 0.6) is 0 Å². The molecular weight excluding hydrogens is 254 g/mol. The molecule has 3 N–H and O–H groups in total. The lowest BCUT2D eigenvalue weighted by Crippen LogP contribution is -2.32. The van der Waals surface area contributed by atoms with Gasteiger partial charge < -0.3 is 15.8 Å². The number of nitrogens with one attached hydrogen (secondary N) is 1. The minimum absolute atomic E-state index is 0.369. The van der Waals surface area contributed by atoms with Crippen molar-refractivity contribution >= 4 is 17.5 Å². The van der Waals surface area contributed by atoms with Crippen LogP contribution in [0.2, 0.25) is 0 Å². The lowest BCUT2D eigenvalue weighted by atomic mass is 9.83. The van der Waals surface area contributed by atoms with Gasteiger partial charge in [-0.25, -0.2) is 9.78 Å². The van der Waals surface area contributed by atoms with Gasteiger partial charge in [-0.2, -0.15) is 0 Å². The highest BCUT2D eigenvalue weighted by Crippen LogP contribution is 2.30. The molecule has 1 aliphatic carbocycles. The number of ether oxygens (including phenoxy) is 1. The molecule has 1 heterocycles. The third-order valence-electron chi connectivity index (χ3n) is 4.07. The maximum Gasteiger partial charge on any atom is 0.341 e. The predicted molar refractivity (Wildman–Crippen MR) is 79.6 cm³/mol. The van der Waals surface area contributed by atoms with Crippen LogP contribution in [-0.4, -0.2) is 24.1 Å². The maximum absolute atomic E-state index is 11.8. The van der Waals surface area contributed by atoms with Gasteiger partial charge in [-0.15, -0.1) is 0 Å². The first-order chi connectivity index (χ1) is 9.65. The average Bonchev–Trinajstić information content (AvgIpc) is 2.48. The van der Waals surface area contributed by atoms with Gasteiger partial charge in [0, 0.05) is 6.04 Å². The van der Waals surface area contributed by atoms with Crippen LogP contribution >= 0.6 is 0 Å². The molecule has 2 rings (SSSR count). The summed E-state index contributed by atoms with van der Waals surface area (Å²) < 4.78 is 4.80. The molecule has 110 valence electrons. The van der Waals surface area contributed by atoms with Crippen molar-refractivity contribution in [1.82, 2.24) is 4.98 Å². The van der Waals surface area contributed by atoms with Crippen molar-refractivity contribution in [2.75, 3.05) is 18.2 Å². The molecule has 0 spiro atoms. The molecule has 0 aliphatic heterocycles. The second-order valence-corrected chi connectivity index (χ2v) is 5.36. The first-order valence-corrected chi connectivity index (χ1v) is 7.26.